The molecule has 2 atom stereocenters. The summed E-state index contributed by atoms with van der Waals surface area (Å²) >= 11 is 0. The molecule has 0 aliphatic carbocycles. The first-order valence-corrected chi connectivity index (χ1v) is 19.1. The molecule has 4 aliphatic rings. The SMILES string of the molecule is CN1CCC[C@@H]1c1cc2cnc(NC(=O)c3ccc(N4CCC(c5ccc(-c6cccc7c6CN(C6CCC(=O)NC6=O)C7=O)cc5)CC4)cc3F)cc2[nH]1. The Morgan fingerprint density at radius 1 is 0.891 bits per heavy atom. The topological polar surface area (TPSA) is 131 Å². The van der Waals surface area contributed by atoms with Crippen LogP contribution in [-0.2, 0) is 16.1 Å². The number of imide groups is 1. The number of rotatable bonds is 7. The van der Waals surface area contributed by atoms with Crippen LogP contribution in [-0.4, -0.2) is 76.1 Å². The quantitative estimate of drug-likeness (QED) is 0.162. The number of hydrogen-bond donors (Lipinski definition) is 3. The molecule has 3 aromatic carbocycles. The van der Waals surface area contributed by atoms with Gasteiger partial charge >= 0.3 is 0 Å². The number of benzene rings is 3. The van der Waals surface area contributed by atoms with Gasteiger partial charge in [0.15, 0.2) is 0 Å². The zero-order valence-electron chi connectivity index (χ0n) is 30.6. The van der Waals surface area contributed by atoms with Crippen LogP contribution in [0.4, 0.5) is 15.9 Å². The Labute approximate surface area is 317 Å². The molecule has 1 unspecified atom stereocenters. The fourth-order valence-corrected chi connectivity index (χ4v) is 8.93. The maximum Gasteiger partial charge on any atom is 0.259 e. The van der Waals surface area contributed by atoms with E-state index >= 15 is 4.39 Å². The number of halogens is 1. The lowest BCUT2D eigenvalue weighted by atomic mass is 9.87. The third-order valence-corrected chi connectivity index (χ3v) is 12.0. The molecule has 2 aromatic heterocycles. The average Bonchev–Trinajstić information content (AvgIpc) is 3.91. The van der Waals surface area contributed by atoms with E-state index in [-0.39, 0.29) is 23.8 Å². The van der Waals surface area contributed by atoms with Crippen LogP contribution in [0.3, 0.4) is 0 Å². The Bertz CT molecular complexity index is 2350. The van der Waals surface area contributed by atoms with E-state index in [0.717, 1.165) is 84.3 Å². The molecule has 3 saturated heterocycles. The Hall–Kier alpha value is -5.88. The lowest BCUT2D eigenvalue weighted by Crippen LogP contribution is -2.52. The number of anilines is 2. The summed E-state index contributed by atoms with van der Waals surface area (Å²) in [6, 6.07) is 22.5. The monoisotopic (exact) mass is 739 g/mol. The van der Waals surface area contributed by atoms with Crippen molar-refractivity contribution in [3.63, 3.8) is 0 Å². The van der Waals surface area contributed by atoms with Gasteiger partial charge in [-0.1, -0.05) is 36.4 Å². The molecular weight excluding hydrogens is 698 g/mol. The standard InChI is InChI=1S/C43H42FN7O4/c1-49-17-3-6-37(49)36-20-28-23-45-39(22-35(28)46-36)47-41(53)32-12-11-29(21-34(32)44)50-18-15-26(16-19-50)25-7-9-27(10-8-25)30-4-2-5-31-33(30)24-51(43(31)55)38-13-14-40(52)48-42(38)54/h2,4-5,7-12,20-23,26,37-38,46H,3,6,13-19,24H2,1H3,(H,45,47,53)(H,48,52,54)/t37-,38?/m1/s1. The number of likely N-dealkylation sites (tertiary alicyclic amines) is 1. The first-order valence-electron chi connectivity index (χ1n) is 19.1. The molecule has 0 bridgehead atoms. The highest BCUT2D eigenvalue weighted by molar-refractivity contribution is 6.06. The van der Waals surface area contributed by atoms with Crippen LogP contribution >= 0.6 is 0 Å². The highest BCUT2D eigenvalue weighted by Gasteiger charge is 2.40. The molecule has 0 saturated carbocycles. The van der Waals surface area contributed by atoms with Crippen LogP contribution in [0.2, 0.25) is 0 Å². The van der Waals surface area contributed by atoms with E-state index < -0.39 is 23.7 Å². The van der Waals surface area contributed by atoms with Crippen LogP contribution < -0.4 is 15.5 Å². The number of H-pyrrole nitrogens is 1. The van der Waals surface area contributed by atoms with Gasteiger partial charge in [-0.05, 0) is 104 Å². The number of carbonyl (C=O) groups is 4. The van der Waals surface area contributed by atoms with Gasteiger partial charge in [0.25, 0.3) is 11.8 Å². The summed E-state index contributed by atoms with van der Waals surface area (Å²) in [4.78, 5) is 64.6. The fraction of sp³-hybridized carbons (Fsp3) is 0.326. The Kier molecular flexibility index (Phi) is 8.92. The van der Waals surface area contributed by atoms with Gasteiger partial charge < -0.3 is 20.1 Å². The second-order valence-corrected chi connectivity index (χ2v) is 15.3. The number of aromatic nitrogens is 2. The predicted octanol–water partition coefficient (Wildman–Crippen LogP) is 6.53. The van der Waals surface area contributed by atoms with Gasteiger partial charge in [-0.15, -0.1) is 0 Å². The van der Waals surface area contributed by atoms with Crippen molar-refractivity contribution < 1.29 is 23.6 Å². The zero-order valence-corrected chi connectivity index (χ0v) is 30.6. The minimum absolute atomic E-state index is 0.0301. The van der Waals surface area contributed by atoms with Crippen molar-refractivity contribution in [3.05, 3.63) is 113 Å². The number of piperidine rings is 2. The van der Waals surface area contributed by atoms with E-state index in [4.69, 9.17) is 0 Å². The van der Waals surface area contributed by atoms with Crippen LogP contribution in [0, 0.1) is 5.82 Å². The number of aromatic amines is 1. The third-order valence-electron chi connectivity index (χ3n) is 12.0. The molecule has 4 amide bonds. The average molecular weight is 740 g/mol. The smallest absolute Gasteiger partial charge is 0.259 e. The molecule has 3 N–H and O–H groups in total. The number of pyridine rings is 1. The minimum atomic E-state index is -0.654. The lowest BCUT2D eigenvalue weighted by Gasteiger charge is -2.34. The van der Waals surface area contributed by atoms with Gasteiger partial charge in [0.2, 0.25) is 11.8 Å². The van der Waals surface area contributed by atoms with E-state index in [1.165, 1.54) is 11.6 Å². The Morgan fingerprint density at radius 3 is 2.44 bits per heavy atom. The Balaban J connectivity index is 0.820. The second kappa shape index (κ2) is 14.1. The highest BCUT2D eigenvalue weighted by Crippen LogP contribution is 2.37. The molecule has 3 fully saturated rings. The number of fused-ring (bicyclic) bond motifs is 2. The summed E-state index contributed by atoms with van der Waals surface area (Å²) in [5.74, 6) is -1.32. The second-order valence-electron chi connectivity index (χ2n) is 15.3. The summed E-state index contributed by atoms with van der Waals surface area (Å²) in [6.45, 7) is 2.89. The summed E-state index contributed by atoms with van der Waals surface area (Å²) < 4.78 is 15.4. The van der Waals surface area contributed by atoms with Gasteiger partial charge in [-0.25, -0.2) is 9.37 Å². The number of nitrogens with one attached hydrogen (secondary N) is 3. The van der Waals surface area contributed by atoms with E-state index in [1.807, 2.05) is 18.2 Å². The molecule has 0 spiro atoms. The van der Waals surface area contributed by atoms with Crippen molar-refractivity contribution in [2.45, 2.75) is 63.1 Å². The minimum Gasteiger partial charge on any atom is -0.371 e. The molecule has 9 rings (SSSR count). The third kappa shape index (κ3) is 6.54. The maximum atomic E-state index is 15.4. The van der Waals surface area contributed by atoms with E-state index in [2.05, 4.69) is 67.8 Å². The van der Waals surface area contributed by atoms with Crippen LogP contribution in [0.1, 0.15) is 88.0 Å². The van der Waals surface area contributed by atoms with Crippen LogP contribution in [0.25, 0.3) is 22.0 Å². The summed E-state index contributed by atoms with van der Waals surface area (Å²) in [6.07, 6.45) is 6.33. The first kappa shape index (κ1) is 34.9. The number of hydrogen-bond acceptors (Lipinski definition) is 7. The van der Waals surface area contributed by atoms with Gasteiger partial charge in [0, 0.05) is 66.7 Å². The van der Waals surface area contributed by atoms with Crippen molar-refractivity contribution in [2.24, 2.45) is 0 Å². The lowest BCUT2D eigenvalue weighted by molar-refractivity contribution is -0.136. The van der Waals surface area contributed by atoms with Gasteiger partial charge in [-0.3, -0.25) is 29.4 Å². The van der Waals surface area contributed by atoms with Crippen molar-refractivity contribution in [3.8, 4) is 11.1 Å². The van der Waals surface area contributed by atoms with E-state index in [0.29, 0.717) is 36.3 Å². The zero-order chi connectivity index (χ0) is 37.8. The summed E-state index contributed by atoms with van der Waals surface area (Å²) in [5, 5.41) is 6.11. The number of carbonyl (C=O) groups excluding carboxylic acids is 4. The first-order chi connectivity index (χ1) is 26.7. The fourth-order valence-electron chi connectivity index (χ4n) is 8.93. The molecule has 0 radical (unpaired) electrons. The van der Waals surface area contributed by atoms with E-state index in [9.17, 15) is 19.2 Å². The van der Waals surface area contributed by atoms with Crippen LogP contribution in [0.15, 0.2) is 79.0 Å². The van der Waals surface area contributed by atoms with Gasteiger partial charge in [0.1, 0.15) is 17.7 Å². The van der Waals surface area contributed by atoms with Crippen molar-refractivity contribution in [1.82, 2.24) is 25.1 Å². The highest BCUT2D eigenvalue weighted by atomic mass is 19.1. The Morgan fingerprint density at radius 2 is 1.69 bits per heavy atom. The molecular formula is C43H42FN7O4. The van der Waals surface area contributed by atoms with Gasteiger partial charge in [0.05, 0.1) is 11.1 Å². The molecule has 5 aromatic rings. The summed E-state index contributed by atoms with van der Waals surface area (Å²) in [7, 11) is 2.13. The normalized spacial score (nSPS) is 20.7. The predicted molar refractivity (Wildman–Crippen MR) is 207 cm³/mol. The molecule has 6 heterocycles. The largest absolute Gasteiger partial charge is 0.371 e. The van der Waals surface area contributed by atoms with Crippen molar-refractivity contribution in [1.29, 1.82) is 0 Å². The maximum absolute atomic E-state index is 15.4. The molecule has 55 heavy (non-hydrogen) atoms. The molecule has 280 valence electrons. The molecule has 12 heteroatoms. The van der Waals surface area contributed by atoms with Crippen LogP contribution in [0.5, 0.6) is 0 Å². The number of amides is 4. The molecule has 4 aliphatic heterocycles. The van der Waals surface area contributed by atoms with E-state index in [1.54, 1.807) is 29.3 Å². The summed E-state index contributed by atoms with van der Waals surface area (Å²) in [5.41, 5.74) is 7.41. The van der Waals surface area contributed by atoms with Crippen molar-refractivity contribution in [2.75, 3.05) is 36.9 Å². The number of nitrogens with zero attached hydrogens (tertiary/aromatic N) is 4. The van der Waals surface area contributed by atoms with Gasteiger partial charge in [-0.2, -0.15) is 0 Å². The molecule has 11 nitrogen and oxygen atoms in total. The van der Waals surface area contributed by atoms with Crippen molar-refractivity contribution >= 4 is 46.0 Å².